The van der Waals surface area contributed by atoms with E-state index in [1.54, 1.807) is 7.11 Å². The van der Waals surface area contributed by atoms with Crippen LogP contribution in [0, 0.1) is 0 Å². The second kappa shape index (κ2) is 9.59. The highest BCUT2D eigenvalue weighted by molar-refractivity contribution is 14.1. The number of anilines is 2. The number of hydrogen-bond donors (Lipinski definition) is 2. The van der Waals surface area contributed by atoms with Gasteiger partial charge in [-0.3, -0.25) is 4.90 Å². The molecule has 10 heteroatoms. The van der Waals surface area contributed by atoms with Crippen molar-refractivity contribution in [1.82, 2.24) is 29.5 Å². The molecule has 2 fully saturated rings. The van der Waals surface area contributed by atoms with E-state index in [0.717, 1.165) is 52.8 Å². The fraction of sp³-hybridized carbons (Fsp3) is 0.522. The van der Waals surface area contributed by atoms with Crippen LogP contribution in [0.5, 0.6) is 5.75 Å². The summed E-state index contributed by atoms with van der Waals surface area (Å²) in [5.74, 6) is 1.06. The monoisotopic (exact) mass is 562 g/mol. The Morgan fingerprint density at radius 2 is 1.76 bits per heavy atom. The molecule has 4 heterocycles. The van der Waals surface area contributed by atoms with Crippen molar-refractivity contribution in [2.75, 3.05) is 49.3 Å². The van der Waals surface area contributed by atoms with Crippen LogP contribution in [0.25, 0.3) is 22.3 Å². The molecule has 0 radical (unpaired) electrons. The fourth-order valence-corrected chi connectivity index (χ4v) is 5.89. The molecular weight excluding hydrogens is 531 g/mol. The third-order valence-electron chi connectivity index (χ3n) is 7.11. The quantitative estimate of drug-likeness (QED) is 0.211. The zero-order valence-corrected chi connectivity index (χ0v) is 21.1. The molecule has 0 atom stereocenters. The molecule has 0 unspecified atom stereocenters. The normalized spacial score (nSPS) is 19.3. The van der Waals surface area contributed by atoms with Gasteiger partial charge in [-0.2, -0.15) is 5.10 Å². The highest BCUT2D eigenvalue weighted by Crippen LogP contribution is 2.37. The first-order chi connectivity index (χ1) is 16.1. The summed E-state index contributed by atoms with van der Waals surface area (Å²) in [7, 11) is 1.61. The van der Waals surface area contributed by atoms with Crippen molar-refractivity contribution in [2.24, 2.45) is 0 Å². The Hall–Kier alpha value is -2.18. The maximum absolute atomic E-state index is 6.31. The predicted octanol–water partition coefficient (Wildman–Crippen LogP) is 3.16. The average Bonchev–Trinajstić information content (AvgIpc) is 3.25. The number of nitrogen functional groups attached to an aromatic ring is 2. The Labute approximate surface area is 207 Å². The lowest BCUT2D eigenvalue weighted by molar-refractivity contribution is 0.0850. The summed E-state index contributed by atoms with van der Waals surface area (Å²) in [6.45, 7) is 4.60. The van der Waals surface area contributed by atoms with Gasteiger partial charge in [-0.05, 0) is 37.8 Å². The second-order valence-electron chi connectivity index (χ2n) is 8.94. The van der Waals surface area contributed by atoms with Crippen molar-refractivity contribution >= 4 is 45.1 Å². The van der Waals surface area contributed by atoms with Crippen molar-refractivity contribution in [1.29, 1.82) is 0 Å². The number of halogens is 1. The summed E-state index contributed by atoms with van der Waals surface area (Å²) in [6, 6.07) is 6.67. The predicted molar refractivity (Wildman–Crippen MR) is 139 cm³/mol. The second-order valence-corrected chi connectivity index (χ2v) is 9.63. The number of benzene rings is 1. The van der Waals surface area contributed by atoms with E-state index < -0.39 is 0 Å². The van der Waals surface area contributed by atoms with Gasteiger partial charge in [0.15, 0.2) is 5.65 Å². The standard InChI is InChI=1S/C23H31IN8O/c1-33-19-12-15(2-3-18(19)25)21-20-22(26)27-14-28-23(20)32(29-21)17-6-10-31(11-7-17)16-4-8-30(13-24)9-5-16/h2-3,12,14,16-17H,4-11,13,25H2,1H3,(H2,26,27,28). The van der Waals surface area contributed by atoms with Crippen LogP contribution >= 0.6 is 22.6 Å². The van der Waals surface area contributed by atoms with Gasteiger partial charge >= 0.3 is 0 Å². The van der Waals surface area contributed by atoms with E-state index in [1.165, 1.54) is 32.3 Å². The lowest BCUT2D eigenvalue weighted by Crippen LogP contribution is -2.47. The summed E-state index contributed by atoms with van der Waals surface area (Å²) in [6.07, 6.45) is 6.17. The largest absolute Gasteiger partial charge is 0.495 e. The van der Waals surface area contributed by atoms with Gasteiger partial charge in [-0.25, -0.2) is 14.6 Å². The lowest BCUT2D eigenvalue weighted by Gasteiger charge is -2.41. The minimum absolute atomic E-state index is 0.289. The molecule has 0 aliphatic carbocycles. The van der Waals surface area contributed by atoms with Crippen LogP contribution < -0.4 is 16.2 Å². The molecule has 5 rings (SSSR count). The highest BCUT2D eigenvalue weighted by atomic mass is 127. The Balaban J connectivity index is 1.40. The molecule has 2 aliphatic rings. The van der Waals surface area contributed by atoms with Gasteiger partial charge in [0.2, 0.25) is 0 Å². The Morgan fingerprint density at radius 3 is 2.45 bits per heavy atom. The lowest BCUT2D eigenvalue weighted by atomic mass is 9.98. The number of alkyl halides is 1. The van der Waals surface area contributed by atoms with Gasteiger partial charge < -0.3 is 21.1 Å². The minimum atomic E-state index is 0.289. The number of aromatic nitrogens is 4. The van der Waals surface area contributed by atoms with E-state index in [1.807, 2.05) is 18.2 Å². The highest BCUT2D eigenvalue weighted by Gasteiger charge is 2.30. The fourth-order valence-electron chi connectivity index (χ4n) is 5.21. The molecule has 0 spiro atoms. The topological polar surface area (TPSA) is 111 Å². The zero-order chi connectivity index (χ0) is 22.9. The minimum Gasteiger partial charge on any atom is -0.495 e. The van der Waals surface area contributed by atoms with E-state index >= 15 is 0 Å². The molecule has 9 nitrogen and oxygen atoms in total. The Morgan fingerprint density at radius 1 is 1.03 bits per heavy atom. The average molecular weight is 562 g/mol. The van der Waals surface area contributed by atoms with Crippen molar-refractivity contribution in [3.8, 4) is 17.0 Å². The van der Waals surface area contributed by atoms with E-state index in [4.69, 9.17) is 21.3 Å². The molecule has 4 N–H and O–H groups in total. The summed E-state index contributed by atoms with van der Waals surface area (Å²) in [5, 5.41) is 5.81. The molecular formula is C23H31IN8O. The van der Waals surface area contributed by atoms with Crippen LogP contribution in [0.3, 0.4) is 0 Å². The number of likely N-dealkylation sites (tertiary alicyclic amines) is 2. The molecule has 3 aromatic rings. The van der Waals surface area contributed by atoms with Gasteiger partial charge in [0.05, 0.1) is 28.8 Å². The maximum Gasteiger partial charge on any atom is 0.164 e. The number of fused-ring (bicyclic) bond motifs is 1. The zero-order valence-electron chi connectivity index (χ0n) is 19.0. The molecule has 1 aromatic carbocycles. The molecule has 176 valence electrons. The van der Waals surface area contributed by atoms with Gasteiger partial charge in [0.1, 0.15) is 23.6 Å². The number of piperidine rings is 2. The van der Waals surface area contributed by atoms with Crippen LogP contribution in [-0.4, -0.2) is 73.4 Å². The summed E-state index contributed by atoms with van der Waals surface area (Å²) in [5.41, 5.74) is 15.4. The molecule has 0 amide bonds. The van der Waals surface area contributed by atoms with E-state index in [9.17, 15) is 0 Å². The first-order valence-electron chi connectivity index (χ1n) is 11.5. The van der Waals surface area contributed by atoms with Crippen molar-refractivity contribution in [3.63, 3.8) is 0 Å². The summed E-state index contributed by atoms with van der Waals surface area (Å²) < 4.78 is 8.63. The first kappa shape index (κ1) is 22.6. The summed E-state index contributed by atoms with van der Waals surface area (Å²) >= 11 is 2.47. The SMILES string of the molecule is COc1cc(-c2nn(C3CCN(C4CCN(CI)CC4)CC3)c3ncnc(N)c23)ccc1N. The van der Waals surface area contributed by atoms with Crippen molar-refractivity contribution in [2.45, 2.75) is 37.8 Å². The van der Waals surface area contributed by atoms with Crippen LogP contribution in [0.4, 0.5) is 11.5 Å². The molecule has 2 aliphatic heterocycles. The van der Waals surface area contributed by atoms with E-state index in [0.29, 0.717) is 23.3 Å². The number of nitrogens with two attached hydrogens (primary N) is 2. The van der Waals surface area contributed by atoms with E-state index in [-0.39, 0.29) is 6.04 Å². The van der Waals surface area contributed by atoms with E-state index in [2.05, 4.69) is 47.0 Å². The molecule has 2 saturated heterocycles. The van der Waals surface area contributed by atoms with Gasteiger partial charge in [-0.15, -0.1) is 0 Å². The third kappa shape index (κ3) is 4.35. The molecule has 0 saturated carbocycles. The smallest absolute Gasteiger partial charge is 0.164 e. The number of nitrogens with zero attached hydrogens (tertiary/aromatic N) is 6. The number of ether oxygens (including phenoxy) is 1. The molecule has 33 heavy (non-hydrogen) atoms. The molecule has 0 bridgehead atoms. The van der Waals surface area contributed by atoms with Crippen LogP contribution in [0.1, 0.15) is 31.7 Å². The van der Waals surface area contributed by atoms with Gasteiger partial charge in [0.25, 0.3) is 0 Å². The maximum atomic E-state index is 6.31. The van der Waals surface area contributed by atoms with Gasteiger partial charge in [-0.1, -0.05) is 28.7 Å². The Bertz CT molecular complexity index is 1120. The third-order valence-corrected chi connectivity index (χ3v) is 8.08. The number of methoxy groups -OCH3 is 1. The number of hydrogen-bond acceptors (Lipinski definition) is 8. The molecule has 2 aromatic heterocycles. The van der Waals surface area contributed by atoms with Crippen LogP contribution in [0.2, 0.25) is 0 Å². The summed E-state index contributed by atoms with van der Waals surface area (Å²) in [4.78, 5) is 14.0. The van der Waals surface area contributed by atoms with Crippen LogP contribution in [0.15, 0.2) is 24.5 Å². The van der Waals surface area contributed by atoms with Crippen molar-refractivity contribution in [3.05, 3.63) is 24.5 Å². The van der Waals surface area contributed by atoms with Crippen LogP contribution in [-0.2, 0) is 0 Å². The number of rotatable bonds is 5. The van der Waals surface area contributed by atoms with Gasteiger partial charge in [0, 0.05) is 37.8 Å². The first-order valence-corrected chi connectivity index (χ1v) is 13.1. The van der Waals surface area contributed by atoms with Crippen molar-refractivity contribution < 1.29 is 4.74 Å². The Kier molecular flexibility index (Phi) is 6.57.